The van der Waals surface area contributed by atoms with Gasteiger partial charge < -0.3 is 9.84 Å². The van der Waals surface area contributed by atoms with Gasteiger partial charge in [0.15, 0.2) is 6.04 Å². The molecule has 1 heterocycles. The van der Waals surface area contributed by atoms with Gasteiger partial charge in [-0.25, -0.2) is 4.79 Å². The molecule has 5 heteroatoms. The van der Waals surface area contributed by atoms with E-state index in [1.807, 2.05) is 12.1 Å². The molecule has 0 spiro atoms. The largest absolute Gasteiger partial charge is 0.480 e. The maximum atomic E-state index is 12.2. The summed E-state index contributed by atoms with van der Waals surface area (Å²) in [6.07, 6.45) is -0.995. The fourth-order valence-corrected chi connectivity index (χ4v) is 2.34. The summed E-state index contributed by atoms with van der Waals surface area (Å²) in [4.78, 5) is 24.9. The van der Waals surface area contributed by atoms with E-state index in [1.165, 1.54) is 4.90 Å². The van der Waals surface area contributed by atoms with Crippen LogP contribution in [0.2, 0.25) is 0 Å². The maximum Gasteiger partial charge on any atom is 0.331 e. The van der Waals surface area contributed by atoms with Crippen LogP contribution >= 0.6 is 0 Å². The Labute approximate surface area is 121 Å². The molecule has 21 heavy (non-hydrogen) atoms. The number of β-lactam (4-membered cyclic amide) rings is 1. The molecule has 0 unspecified atom stereocenters. The lowest BCUT2D eigenvalue weighted by Crippen LogP contribution is -2.70. The van der Waals surface area contributed by atoms with Crippen LogP contribution in [-0.2, 0) is 9.59 Å². The van der Waals surface area contributed by atoms with Crippen LogP contribution in [0.5, 0.6) is 5.75 Å². The van der Waals surface area contributed by atoms with Crippen molar-refractivity contribution in [3.05, 3.63) is 60.7 Å². The highest BCUT2D eigenvalue weighted by molar-refractivity contribution is 6.12. The molecule has 2 aromatic rings. The predicted octanol–water partition coefficient (Wildman–Crippen LogP) is 1.93. The normalized spacial score (nSPS) is 20.8. The number of para-hydroxylation sites is 2. The third-order valence-corrected chi connectivity index (χ3v) is 3.34. The molecule has 0 saturated carbocycles. The van der Waals surface area contributed by atoms with Gasteiger partial charge in [-0.15, -0.1) is 0 Å². The van der Waals surface area contributed by atoms with E-state index >= 15 is 0 Å². The van der Waals surface area contributed by atoms with E-state index in [0.29, 0.717) is 11.4 Å². The lowest BCUT2D eigenvalue weighted by molar-refractivity contribution is -0.152. The van der Waals surface area contributed by atoms with Crippen LogP contribution in [0.1, 0.15) is 0 Å². The number of carbonyl (C=O) groups excluding carboxylic acids is 1. The Bertz CT molecular complexity index is 656. The molecule has 1 amide bonds. The standard InChI is InChI=1S/C16H13NO4/c18-15-14(21-12-9-5-2-6-10-12)13(16(19)20)17(15)11-7-3-1-4-8-11/h1-10,13-14H,(H,19,20)/t13-,14-/m0/s1. The van der Waals surface area contributed by atoms with Crippen LogP contribution in [0.15, 0.2) is 60.7 Å². The Morgan fingerprint density at radius 1 is 1.00 bits per heavy atom. The van der Waals surface area contributed by atoms with E-state index in [1.54, 1.807) is 48.5 Å². The average Bonchev–Trinajstić information content (AvgIpc) is 2.51. The van der Waals surface area contributed by atoms with Crippen molar-refractivity contribution in [3.63, 3.8) is 0 Å². The number of carboxylic acids is 1. The monoisotopic (exact) mass is 283 g/mol. The summed E-state index contributed by atoms with van der Waals surface area (Å²) in [5, 5.41) is 9.36. The van der Waals surface area contributed by atoms with E-state index < -0.39 is 18.1 Å². The highest BCUT2D eigenvalue weighted by Crippen LogP contribution is 2.31. The minimum absolute atomic E-state index is 0.350. The van der Waals surface area contributed by atoms with Crippen LogP contribution in [0.4, 0.5) is 5.69 Å². The van der Waals surface area contributed by atoms with Gasteiger partial charge >= 0.3 is 5.97 Å². The molecule has 1 aliphatic rings. The molecular formula is C16H13NO4. The molecule has 0 aliphatic carbocycles. The van der Waals surface area contributed by atoms with Crippen LogP contribution in [0.3, 0.4) is 0 Å². The zero-order valence-corrected chi connectivity index (χ0v) is 11.0. The second-order valence-electron chi connectivity index (χ2n) is 4.68. The zero-order valence-electron chi connectivity index (χ0n) is 11.0. The average molecular weight is 283 g/mol. The Morgan fingerprint density at radius 2 is 1.57 bits per heavy atom. The van der Waals surface area contributed by atoms with Crippen LogP contribution in [0, 0.1) is 0 Å². The van der Waals surface area contributed by atoms with Crippen molar-refractivity contribution in [2.45, 2.75) is 12.1 Å². The summed E-state index contributed by atoms with van der Waals surface area (Å²) in [6.45, 7) is 0. The van der Waals surface area contributed by atoms with Gasteiger partial charge in [0.05, 0.1) is 0 Å². The summed E-state index contributed by atoms with van der Waals surface area (Å²) in [5.41, 5.74) is 0.558. The highest BCUT2D eigenvalue weighted by Gasteiger charge is 2.54. The van der Waals surface area contributed by atoms with Crippen LogP contribution < -0.4 is 9.64 Å². The Morgan fingerprint density at radius 3 is 2.14 bits per heavy atom. The first-order valence-corrected chi connectivity index (χ1v) is 6.51. The number of amides is 1. The van der Waals surface area contributed by atoms with E-state index in [0.717, 1.165) is 0 Å². The Hall–Kier alpha value is -2.82. The third kappa shape index (κ3) is 2.33. The third-order valence-electron chi connectivity index (χ3n) is 3.34. The number of benzene rings is 2. The molecule has 106 valence electrons. The number of carboxylic acid groups (broad SMARTS) is 1. The maximum absolute atomic E-state index is 12.2. The smallest absolute Gasteiger partial charge is 0.331 e. The number of nitrogens with zero attached hydrogens (tertiary/aromatic N) is 1. The number of anilines is 1. The summed E-state index contributed by atoms with van der Waals surface area (Å²) in [7, 11) is 0. The van der Waals surface area contributed by atoms with Crippen molar-refractivity contribution in [1.82, 2.24) is 0 Å². The van der Waals surface area contributed by atoms with Gasteiger partial charge in [-0.1, -0.05) is 36.4 Å². The second kappa shape index (κ2) is 5.28. The molecule has 0 aromatic heterocycles. The molecule has 1 fully saturated rings. The summed E-state index contributed by atoms with van der Waals surface area (Å²) in [6, 6.07) is 16.4. The number of aliphatic carboxylic acids is 1. The molecule has 0 bridgehead atoms. The minimum Gasteiger partial charge on any atom is -0.480 e. The number of carbonyl (C=O) groups is 2. The van der Waals surface area contributed by atoms with Crippen molar-refractivity contribution in [1.29, 1.82) is 0 Å². The SMILES string of the molecule is O=C(O)[C@@H]1[C@H](Oc2ccccc2)C(=O)N1c1ccccc1. The predicted molar refractivity (Wildman–Crippen MR) is 76.2 cm³/mol. The molecule has 1 aliphatic heterocycles. The summed E-state index contributed by atoms with van der Waals surface area (Å²) < 4.78 is 5.52. The molecule has 0 radical (unpaired) electrons. The topological polar surface area (TPSA) is 66.8 Å². The first-order valence-electron chi connectivity index (χ1n) is 6.51. The fraction of sp³-hybridized carbons (Fsp3) is 0.125. The zero-order chi connectivity index (χ0) is 14.8. The molecular weight excluding hydrogens is 270 g/mol. The summed E-state index contributed by atoms with van der Waals surface area (Å²) in [5.74, 6) is -0.952. The van der Waals surface area contributed by atoms with Gasteiger partial charge in [-0.05, 0) is 24.3 Å². The van der Waals surface area contributed by atoms with Gasteiger partial charge in [-0.2, -0.15) is 0 Å². The lowest BCUT2D eigenvalue weighted by atomic mass is 9.96. The molecule has 5 nitrogen and oxygen atoms in total. The van der Waals surface area contributed by atoms with Crippen molar-refractivity contribution in [2.24, 2.45) is 0 Å². The van der Waals surface area contributed by atoms with E-state index in [2.05, 4.69) is 0 Å². The van der Waals surface area contributed by atoms with Crippen molar-refractivity contribution in [3.8, 4) is 5.75 Å². The van der Waals surface area contributed by atoms with Gasteiger partial charge in [0, 0.05) is 5.69 Å². The minimum atomic E-state index is -1.08. The van der Waals surface area contributed by atoms with Crippen LogP contribution in [-0.4, -0.2) is 29.1 Å². The molecule has 3 rings (SSSR count). The Balaban J connectivity index is 1.84. The number of hydrogen-bond donors (Lipinski definition) is 1. The molecule has 1 N–H and O–H groups in total. The Kier molecular flexibility index (Phi) is 3.31. The lowest BCUT2D eigenvalue weighted by Gasteiger charge is -2.43. The van der Waals surface area contributed by atoms with Gasteiger partial charge in [0.2, 0.25) is 6.10 Å². The van der Waals surface area contributed by atoms with Gasteiger partial charge in [0.1, 0.15) is 5.75 Å². The van der Waals surface area contributed by atoms with E-state index in [4.69, 9.17) is 4.74 Å². The first-order chi connectivity index (χ1) is 10.2. The van der Waals surface area contributed by atoms with Gasteiger partial charge in [-0.3, -0.25) is 9.69 Å². The molecule has 1 saturated heterocycles. The summed E-state index contributed by atoms with van der Waals surface area (Å²) >= 11 is 0. The molecule has 2 atom stereocenters. The van der Waals surface area contributed by atoms with E-state index in [-0.39, 0.29) is 5.91 Å². The van der Waals surface area contributed by atoms with Crippen molar-refractivity contribution in [2.75, 3.05) is 4.90 Å². The number of rotatable bonds is 4. The highest BCUT2D eigenvalue weighted by atomic mass is 16.5. The first kappa shape index (κ1) is 13.2. The van der Waals surface area contributed by atoms with E-state index in [9.17, 15) is 14.7 Å². The fourth-order valence-electron chi connectivity index (χ4n) is 2.34. The van der Waals surface area contributed by atoms with Gasteiger partial charge in [0.25, 0.3) is 5.91 Å². The quantitative estimate of drug-likeness (QED) is 0.871. The van der Waals surface area contributed by atoms with Crippen LogP contribution in [0.25, 0.3) is 0 Å². The van der Waals surface area contributed by atoms with Crippen molar-refractivity contribution < 1.29 is 19.4 Å². The number of hydrogen-bond acceptors (Lipinski definition) is 3. The number of ether oxygens (including phenoxy) is 1. The molecule has 2 aromatic carbocycles. The van der Waals surface area contributed by atoms with Crippen molar-refractivity contribution >= 4 is 17.6 Å². The second-order valence-corrected chi connectivity index (χ2v) is 4.68.